The second-order valence-electron chi connectivity index (χ2n) is 11.1. The molecule has 4 heterocycles. The van der Waals surface area contributed by atoms with Crippen LogP contribution in [0.25, 0.3) is 0 Å². The van der Waals surface area contributed by atoms with E-state index in [1.165, 1.54) is 0 Å². The van der Waals surface area contributed by atoms with E-state index in [0.717, 1.165) is 10.5 Å². The number of nitrogens with zero attached hydrogens (tertiary/aromatic N) is 4. The molecule has 1 saturated carbocycles. The zero-order valence-electron chi connectivity index (χ0n) is 23.9. The van der Waals surface area contributed by atoms with E-state index < -0.39 is 18.0 Å². The SMILES string of the molecule is [2H]C([2H])([2H])N1C(=O)C2(CCN(CCOc3cnc4c(c3)CCC(=O)N4C3CC(C)(O)C3)CC2)c2cc(Cl)ccc21. The zero-order chi connectivity index (χ0) is 28.4. The average Bonchev–Trinajstić information content (AvgIpc) is 3.11. The van der Waals surface area contributed by atoms with Gasteiger partial charge in [0.2, 0.25) is 11.8 Å². The van der Waals surface area contributed by atoms with Crippen LogP contribution in [0.5, 0.6) is 5.75 Å². The minimum Gasteiger partial charge on any atom is -0.491 e. The predicted molar refractivity (Wildman–Crippen MR) is 141 cm³/mol. The number of carbonyl (C=O) groups excluding carboxylic acids is 2. The van der Waals surface area contributed by atoms with E-state index in [9.17, 15) is 14.7 Å². The number of rotatable bonds is 5. The van der Waals surface area contributed by atoms with Crippen LogP contribution in [0.2, 0.25) is 5.02 Å². The van der Waals surface area contributed by atoms with E-state index in [1.54, 1.807) is 36.2 Å². The maximum absolute atomic E-state index is 13.5. The lowest BCUT2D eigenvalue weighted by Gasteiger charge is -2.47. The molecule has 1 aromatic carbocycles. The highest BCUT2D eigenvalue weighted by Crippen LogP contribution is 2.48. The number of fused-ring (bicyclic) bond motifs is 3. The third kappa shape index (κ3) is 4.19. The Kier molecular flexibility index (Phi) is 5.15. The van der Waals surface area contributed by atoms with Crippen LogP contribution in [0.3, 0.4) is 0 Å². The molecule has 1 aliphatic carbocycles. The number of piperidine rings is 1. The van der Waals surface area contributed by atoms with Crippen molar-refractivity contribution in [2.24, 2.45) is 0 Å². The van der Waals surface area contributed by atoms with Crippen molar-refractivity contribution in [1.29, 1.82) is 0 Å². The maximum Gasteiger partial charge on any atom is 0.237 e. The molecule has 1 N–H and O–H groups in total. The molecule has 8 nitrogen and oxygen atoms in total. The molecule has 1 saturated heterocycles. The van der Waals surface area contributed by atoms with Crippen molar-refractivity contribution in [3.8, 4) is 5.75 Å². The number of aromatic nitrogens is 1. The lowest BCUT2D eigenvalue weighted by Crippen LogP contribution is -2.57. The number of hydrogen-bond donors (Lipinski definition) is 1. The van der Waals surface area contributed by atoms with Crippen molar-refractivity contribution in [2.45, 2.75) is 62.5 Å². The second-order valence-corrected chi connectivity index (χ2v) is 11.5. The van der Waals surface area contributed by atoms with Crippen molar-refractivity contribution >= 4 is 34.9 Å². The highest BCUT2D eigenvalue weighted by molar-refractivity contribution is 6.31. The van der Waals surface area contributed by atoms with Gasteiger partial charge in [-0.25, -0.2) is 4.98 Å². The molecule has 1 aromatic heterocycles. The molecule has 0 atom stereocenters. The third-order valence-electron chi connectivity index (χ3n) is 8.45. The Bertz CT molecular complexity index is 1350. The fourth-order valence-electron chi connectivity index (χ4n) is 6.42. The van der Waals surface area contributed by atoms with Crippen LogP contribution < -0.4 is 14.5 Å². The Balaban J connectivity index is 1.08. The number of ether oxygens (including phenoxy) is 1. The van der Waals surface area contributed by atoms with Gasteiger partial charge in [0.15, 0.2) is 0 Å². The van der Waals surface area contributed by atoms with Crippen molar-refractivity contribution < 1.29 is 23.5 Å². The van der Waals surface area contributed by atoms with E-state index in [1.807, 2.05) is 6.07 Å². The van der Waals surface area contributed by atoms with Crippen LogP contribution in [0.4, 0.5) is 11.5 Å². The number of aliphatic hydroxyl groups is 1. The Morgan fingerprint density at radius 1 is 1.22 bits per heavy atom. The molecule has 0 unspecified atom stereocenters. The van der Waals surface area contributed by atoms with Gasteiger partial charge < -0.3 is 14.7 Å². The second kappa shape index (κ2) is 8.96. The van der Waals surface area contributed by atoms with Crippen LogP contribution in [-0.4, -0.2) is 71.7 Å². The van der Waals surface area contributed by atoms with Crippen LogP contribution in [0.1, 0.15) is 54.3 Å². The van der Waals surface area contributed by atoms with Gasteiger partial charge in [0.25, 0.3) is 0 Å². The highest BCUT2D eigenvalue weighted by Gasteiger charge is 2.51. The summed E-state index contributed by atoms with van der Waals surface area (Å²) in [5, 5.41) is 10.6. The summed E-state index contributed by atoms with van der Waals surface area (Å²) < 4.78 is 29.8. The highest BCUT2D eigenvalue weighted by atomic mass is 35.5. The van der Waals surface area contributed by atoms with E-state index in [2.05, 4.69) is 9.88 Å². The van der Waals surface area contributed by atoms with Gasteiger partial charge in [-0.2, -0.15) is 0 Å². The molecule has 1 spiro atoms. The topological polar surface area (TPSA) is 86.2 Å². The minimum absolute atomic E-state index is 0.0233. The van der Waals surface area contributed by atoms with Crippen LogP contribution in [0.15, 0.2) is 30.5 Å². The first-order valence-corrected chi connectivity index (χ1v) is 13.3. The summed E-state index contributed by atoms with van der Waals surface area (Å²) in [7, 11) is 0. The first-order valence-electron chi connectivity index (χ1n) is 14.4. The molecule has 0 bridgehead atoms. The molecule has 2 fully saturated rings. The fraction of sp³-hybridized carbons (Fsp3) is 0.536. The van der Waals surface area contributed by atoms with Crippen molar-refractivity contribution in [3.05, 3.63) is 46.6 Å². The molecule has 196 valence electrons. The molecule has 9 heteroatoms. The first-order chi connectivity index (χ1) is 18.9. The molecule has 2 amide bonds. The number of anilines is 2. The predicted octanol–water partition coefficient (Wildman–Crippen LogP) is 3.32. The van der Waals surface area contributed by atoms with E-state index in [-0.39, 0.29) is 17.9 Å². The van der Waals surface area contributed by atoms with Crippen molar-refractivity contribution in [3.63, 3.8) is 0 Å². The van der Waals surface area contributed by atoms with Gasteiger partial charge in [-0.3, -0.25) is 19.4 Å². The lowest BCUT2D eigenvalue weighted by atomic mass is 9.73. The Labute approximate surface area is 226 Å². The van der Waals surface area contributed by atoms with Crippen molar-refractivity contribution in [1.82, 2.24) is 9.88 Å². The number of carbonyl (C=O) groups is 2. The zero-order valence-corrected chi connectivity index (χ0v) is 21.6. The van der Waals surface area contributed by atoms with Crippen molar-refractivity contribution in [2.75, 3.05) is 43.0 Å². The smallest absolute Gasteiger partial charge is 0.237 e. The van der Waals surface area contributed by atoms with E-state index in [4.69, 9.17) is 20.5 Å². The third-order valence-corrected chi connectivity index (χ3v) is 8.69. The Hall–Kier alpha value is -2.68. The van der Waals surface area contributed by atoms with Gasteiger partial charge in [-0.05, 0) is 87.5 Å². The molecule has 2 aromatic rings. The molecule has 6 rings (SSSR count). The standard InChI is InChI=1S/C28H33ClN4O4/c1-27(36)15-20(16-27)33-24(34)6-3-18-13-21(17-30-25(18)33)37-12-11-32-9-7-28(8-10-32)22-14-19(29)4-5-23(22)31(2)26(28)35/h4-5,13-14,17,20,36H,3,6-12,15-16H2,1-2H3/i2D3. The largest absolute Gasteiger partial charge is 0.491 e. The number of benzene rings is 1. The quantitative estimate of drug-likeness (QED) is 0.642. The number of likely N-dealkylation sites (N-methyl/N-ethyl adjacent to an activating group) is 1. The summed E-state index contributed by atoms with van der Waals surface area (Å²) in [5.74, 6) is 0.978. The first kappa shape index (κ1) is 21.3. The van der Waals surface area contributed by atoms with E-state index >= 15 is 0 Å². The molecule has 3 aliphatic heterocycles. The number of amides is 2. The van der Waals surface area contributed by atoms with Gasteiger partial charge >= 0.3 is 0 Å². The number of aryl methyl sites for hydroxylation is 1. The number of hydrogen-bond acceptors (Lipinski definition) is 6. The summed E-state index contributed by atoms with van der Waals surface area (Å²) in [6, 6.07) is 6.93. The molecule has 37 heavy (non-hydrogen) atoms. The van der Waals surface area contributed by atoms with Gasteiger partial charge in [0.1, 0.15) is 18.2 Å². The fourth-order valence-corrected chi connectivity index (χ4v) is 6.59. The summed E-state index contributed by atoms with van der Waals surface area (Å²) in [6.07, 6.45) is 4.78. The number of likely N-dealkylation sites (tertiary alicyclic amines) is 1. The summed E-state index contributed by atoms with van der Waals surface area (Å²) in [5.41, 5.74) is 0.491. The van der Waals surface area contributed by atoms with Crippen LogP contribution >= 0.6 is 11.6 Å². The maximum atomic E-state index is 13.5. The average molecular weight is 528 g/mol. The van der Waals surface area contributed by atoms with E-state index in [0.29, 0.717) is 92.6 Å². The summed E-state index contributed by atoms with van der Waals surface area (Å²) in [6.45, 7) is 1.56. The Morgan fingerprint density at radius 3 is 2.73 bits per heavy atom. The number of halogens is 1. The van der Waals surface area contributed by atoms with Crippen LogP contribution in [-0.2, 0) is 21.4 Å². The molecule has 0 radical (unpaired) electrons. The minimum atomic E-state index is -2.56. The Morgan fingerprint density at radius 2 is 2.00 bits per heavy atom. The monoisotopic (exact) mass is 527 g/mol. The molecule has 4 aliphatic rings. The van der Waals surface area contributed by atoms with Gasteiger partial charge in [0, 0.05) is 40.8 Å². The normalized spacial score (nSPS) is 28.3. The van der Waals surface area contributed by atoms with Gasteiger partial charge in [-0.1, -0.05) is 11.6 Å². The van der Waals surface area contributed by atoms with Gasteiger partial charge in [0.05, 0.1) is 17.2 Å². The van der Waals surface area contributed by atoms with Crippen LogP contribution in [0, 0.1) is 0 Å². The lowest BCUT2D eigenvalue weighted by molar-refractivity contribution is -0.124. The number of pyridine rings is 1. The molecular weight excluding hydrogens is 492 g/mol. The summed E-state index contributed by atoms with van der Waals surface area (Å²) >= 11 is 6.26. The van der Waals surface area contributed by atoms with Gasteiger partial charge in [-0.15, -0.1) is 0 Å². The molecular formula is C28H33ClN4O4. The summed E-state index contributed by atoms with van der Waals surface area (Å²) in [4.78, 5) is 35.6.